The number of rotatable bonds is 19. The number of carbonyl (C=O) groups is 2. The van der Waals surface area contributed by atoms with Crippen LogP contribution in [0.4, 0.5) is 0 Å². The summed E-state index contributed by atoms with van der Waals surface area (Å²) in [6.45, 7) is 11.3. The first kappa shape index (κ1) is 37.9. The van der Waals surface area contributed by atoms with Crippen LogP contribution in [0.25, 0.3) is 22.5 Å². The van der Waals surface area contributed by atoms with Gasteiger partial charge in [0.15, 0.2) is 0 Å². The molecule has 1 aliphatic rings. The van der Waals surface area contributed by atoms with Crippen LogP contribution < -0.4 is 3.58 Å². The predicted octanol–water partition coefficient (Wildman–Crippen LogP) is 10.3. The second-order valence-electron chi connectivity index (χ2n) is 14.2. The van der Waals surface area contributed by atoms with Crippen molar-refractivity contribution in [1.82, 2.24) is 5.16 Å². The summed E-state index contributed by atoms with van der Waals surface area (Å²) in [6, 6.07) is 25.3. The molecule has 0 spiro atoms. The van der Waals surface area contributed by atoms with E-state index in [0.717, 1.165) is 46.2 Å². The molecule has 50 heavy (non-hydrogen) atoms. The number of benzene rings is 3. The number of unbranched alkanes of at least 4 members (excludes halogenated alkanes) is 3. The van der Waals surface area contributed by atoms with Crippen molar-refractivity contribution in [2.24, 2.45) is 0 Å². The quantitative estimate of drug-likeness (QED) is 0.0696. The van der Waals surface area contributed by atoms with E-state index in [1.54, 1.807) is 3.58 Å². The van der Waals surface area contributed by atoms with E-state index in [2.05, 4.69) is 62.3 Å². The van der Waals surface area contributed by atoms with E-state index in [4.69, 9.17) is 14.0 Å². The summed E-state index contributed by atoms with van der Waals surface area (Å²) in [6.07, 6.45) is 9.46. The standard InChI is InChI=1S/C31H28NO5.3C4H9.Sn/c1-3-35-30(34)31(17-18-31)26-15-13-24(14-16-26)23-9-11-25(12-10-23)29-27(21(2)32-37-29)19-28(33)36-20-22-7-5-4-6-8-22;3*1-3-4-2;/h4-5,7-16H,3,17-20H2,1-2H3;3*1,3-4H2,2H3;. The molecule has 4 aromatic rings. The fourth-order valence-corrected chi connectivity index (χ4v) is 23.4. The van der Waals surface area contributed by atoms with E-state index < -0.39 is 23.8 Å². The minimum absolute atomic E-state index is 0.0997. The Morgan fingerprint density at radius 1 is 0.780 bits per heavy atom. The van der Waals surface area contributed by atoms with Crippen LogP contribution in [0.2, 0.25) is 13.3 Å². The van der Waals surface area contributed by atoms with Gasteiger partial charge in [-0.3, -0.25) is 4.79 Å². The molecule has 0 aliphatic heterocycles. The molecule has 1 heterocycles. The molecule has 266 valence electrons. The first-order chi connectivity index (χ1) is 24.3. The van der Waals surface area contributed by atoms with Crippen LogP contribution in [0.1, 0.15) is 101 Å². The zero-order valence-electron chi connectivity index (χ0n) is 30.8. The molecule has 0 unspecified atom stereocenters. The number of hydrogen-bond acceptors (Lipinski definition) is 6. The van der Waals surface area contributed by atoms with Gasteiger partial charge in [0, 0.05) is 0 Å². The van der Waals surface area contributed by atoms with Crippen LogP contribution in [-0.4, -0.2) is 42.1 Å². The van der Waals surface area contributed by atoms with Gasteiger partial charge in [0.2, 0.25) is 0 Å². The molecular formula is C43H55NO5Sn. The normalized spacial score (nSPS) is 13.6. The van der Waals surface area contributed by atoms with Crippen molar-refractivity contribution in [2.45, 2.75) is 118 Å². The maximum atomic E-state index is 13.2. The molecule has 1 fully saturated rings. The molecular weight excluding hydrogens is 729 g/mol. The van der Waals surface area contributed by atoms with E-state index in [1.807, 2.05) is 50.2 Å². The Hall–Kier alpha value is -3.39. The Balaban J connectivity index is 1.24. The fourth-order valence-electron chi connectivity index (χ4n) is 7.33. The van der Waals surface area contributed by atoms with Crippen molar-refractivity contribution in [3.8, 4) is 22.5 Å². The van der Waals surface area contributed by atoms with Crippen molar-refractivity contribution in [3.63, 3.8) is 0 Å². The van der Waals surface area contributed by atoms with Gasteiger partial charge in [-0.25, -0.2) is 0 Å². The number of carbonyl (C=O) groups excluding carboxylic acids is 2. The number of aromatic nitrogens is 1. The Labute approximate surface area is 303 Å². The second kappa shape index (κ2) is 17.7. The van der Waals surface area contributed by atoms with Crippen molar-refractivity contribution >= 4 is 33.9 Å². The van der Waals surface area contributed by atoms with E-state index in [-0.39, 0.29) is 25.0 Å². The van der Waals surface area contributed by atoms with E-state index >= 15 is 0 Å². The molecule has 7 heteroatoms. The SMILES string of the molecule is CCC[CH2][Sn]([CH2]CCC)([CH2]CCC)[c]1cccc(COC(=O)Cc2c(C)noc2-c2ccc(-c3ccc(C4(C(=O)OCC)CC4)cc3)cc2)c1. The van der Waals surface area contributed by atoms with Crippen molar-refractivity contribution < 1.29 is 23.6 Å². The van der Waals surface area contributed by atoms with Crippen molar-refractivity contribution in [3.05, 3.63) is 95.2 Å². The van der Waals surface area contributed by atoms with Crippen LogP contribution in [0.5, 0.6) is 0 Å². The van der Waals surface area contributed by atoms with E-state index in [9.17, 15) is 9.59 Å². The molecule has 5 rings (SSSR count). The monoisotopic (exact) mass is 785 g/mol. The van der Waals surface area contributed by atoms with Crippen LogP contribution in [0.15, 0.2) is 77.3 Å². The first-order valence-electron chi connectivity index (χ1n) is 18.9. The summed E-state index contributed by atoms with van der Waals surface area (Å²) in [5, 5.41) is 4.21. The van der Waals surface area contributed by atoms with Gasteiger partial charge in [0.25, 0.3) is 0 Å². The minimum atomic E-state index is -2.58. The topological polar surface area (TPSA) is 78.6 Å². The molecule has 1 aromatic heterocycles. The number of esters is 2. The van der Waals surface area contributed by atoms with Gasteiger partial charge < -0.3 is 4.74 Å². The van der Waals surface area contributed by atoms with E-state index in [1.165, 1.54) is 51.8 Å². The molecule has 0 N–H and O–H groups in total. The summed E-state index contributed by atoms with van der Waals surface area (Å²) in [4.78, 5) is 25.8. The van der Waals surface area contributed by atoms with Gasteiger partial charge in [-0.2, -0.15) is 0 Å². The maximum absolute atomic E-state index is 13.2. The average molecular weight is 785 g/mol. The number of nitrogens with zero attached hydrogens (tertiary/aromatic N) is 1. The summed E-state index contributed by atoms with van der Waals surface area (Å²) in [7, 11) is 0. The zero-order valence-corrected chi connectivity index (χ0v) is 33.7. The molecule has 0 atom stereocenters. The van der Waals surface area contributed by atoms with Gasteiger partial charge in [0.1, 0.15) is 0 Å². The number of ether oxygens (including phenoxy) is 2. The molecule has 1 saturated carbocycles. The van der Waals surface area contributed by atoms with Crippen molar-refractivity contribution in [2.75, 3.05) is 6.61 Å². The molecule has 1 aliphatic carbocycles. The Morgan fingerprint density at radius 2 is 1.36 bits per heavy atom. The summed E-state index contributed by atoms with van der Waals surface area (Å²) < 4.78 is 22.8. The van der Waals surface area contributed by atoms with Gasteiger partial charge >= 0.3 is 222 Å². The third-order valence-corrected chi connectivity index (χ3v) is 26.2. The van der Waals surface area contributed by atoms with Gasteiger partial charge in [-0.05, 0) is 36.5 Å². The zero-order chi connectivity index (χ0) is 35.6. The fraction of sp³-hybridized carbons (Fsp3) is 0.465. The molecule has 0 bridgehead atoms. The second-order valence-corrected chi connectivity index (χ2v) is 27.4. The van der Waals surface area contributed by atoms with Crippen LogP contribution in [0.3, 0.4) is 0 Å². The molecule has 6 nitrogen and oxygen atoms in total. The van der Waals surface area contributed by atoms with Gasteiger partial charge in [-0.1, -0.05) is 24.3 Å². The summed E-state index contributed by atoms with van der Waals surface area (Å²) in [5.74, 6) is 0.184. The summed E-state index contributed by atoms with van der Waals surface area (Å²) in [5.41, 5.74) is 6.03. The van der Waals surface area contributed by atoms with Gasteiger partial charge in [0.05, 0.1) is 12.0 Å². The number of hydrogen-bond donors (Lipinski definition) is 0. The van der Waals surface area contributed by atoms with E-state index in [0.29, 0.717) is 18.1 Å². The molecule has 3 aromatic carbocycles. The summed E-state index contributed by atoms with van der Waals surface area (Å²) >= 11 is -2.58. The third kappa shape index (κ3) is 8.90. The molecule has 0 amide bonds. The molecule has 0 radical (unpaired) electrons. The van der Waals surface area contributed by atoms with Crippen LogP contribution >= 0.6 is 0 Å². The first-order valence-corrected chi connectivity index (χ1v) is 26.4. The third-order valence-electron chi connectivity index (χ3n) is 10.6. The Morgan fingerprint density at radius 3 is 1.92 bits per heavy atom. The van der Waals surface area contributed by atoms with Gasteiger partial charge in [-0.15, -0.1) is 0 Å². The Kier molecular flexibility index (Phi) is 13.4. The predicted molar refractivity (Wildman–Crippen MR) is 204 cm³/mol. The van der Waals surface area contributed by atoms with Crippen LogP contribution in [-0.2, 0) is 37.5 Å². The Bertz CT molecular complexity index is 1680. The van der Waals surface area contributed by atoms with Crippen LogP contribution in [0, 0.1) is 6.92 Å². The number of aryl methyl sites for hydroxylation is 1. The van der Waals surface area contributed by atoms with Crippen molar-refractivity contribution in [1.29, 1.82) is 0 Å². The molecule has 0 saturated heterocycles. The average Bonchev–Trinajstić information content (AvgIpc) is 3.89.